The quantitative estimate of drug-likeness (QED) is 0.792. The first-order valence-corrected chi connectivity index (χ1v) is 7.50. The van der Waals surface area contributed by atoms with E-state index in [1.54, 1.807) is 0 Å². The molecule has 0 aromatic carbocycles. The maximum atomic E-state index is 3.76. The van der Waals surface area contributed by atoms with E-state index in [2.05, 4.69) is 31.2 Å². The summed E-state index contributed by atoms with van der Waals surface area (Å²) in [7, 11) is 4.53. The standard InChI is InChI=1S/C15H30N2/c1-13-6-5-9-15(10-13,17(2)3)12-16-11-14-7-4-8-14/h13-14,16H,4-12H2,1-3H3. The maximum absolute atomic E-state index is 3.76. The van der Waals surface area contributed by atoms with Crippen LogP contribution >= 0.6 is 0 Å². The van der Waals surface area contributed by atoms with E-state index in [9.17, 15) is 0 Å². The van der Waals surface area contributed by atoms with Crippen LogP contribution in [0.1, 0.15) is 51.9 Å². The molecule has 2 aliphatic rings. The molecule has 100 valence electrons. The minimum absolute atomic E-state index is 0.432. The van der Waals surface area contributed by atoms with E-state index in [0.29, 0.717) is 5.54 Å². The molecule has 0 heterocycles. The Balaban J connectivity index is 1.82. The number of hydrogen-bond donors (Lipinski definition) is 1. The van der Waals surface area contributed by atoms with Crippen LogP contribution in [0.4, 0.5) is 0 Å². The van der Waals surface area contributed by atoms with E-state index in [1.165, 1.54) is 58.0 Å². The summed E-state index contributed by atoms with van der Waals surface area (Å²) in [6.45, 7) is 4.87. The smallest absolute Gasteiger partial charge is 0.0330 e. The van der Waals surface area contributed by atoms with Gasteiger partial charge in [-0.15, -0.1) is 0 Å². The van der Waals surface area contributed by atoms with E-state index in [0.717, 1.165) is 11.8 Å². The van der Waals surface area contributed by atoms with Gasteiger partial charge in [-0.2, -0.15) is 0 Å². The van der Waals surface area contributed by atoms with Gasteiger partial charge in [0, 0.05) is 12.1 Å². The Morgan fingerprint density at radius 3 is 2.47 bits per heavy atom. The molecule has 0 aliphatic heterocycles. The van der Waals surface area contributed by atoms with Crippen LogP contribution in [0.2, 0.25) is 0 Å². The molecule has 2 rings (SSSR count). The van der Waals surface area contributed by atoms with Crippen molar-refractivity contribution in [3.8, 4) is 0 Å². The third-order valence-electron chi connectivity index (χ3n) is 5.13. The molecule has 17 heavy (non-hydrogen) atoms. The first-order valence-electron chi connectivity index (χ1n) is 7.50. The fraction of sp³-hybridized carbons (Fsp3) is 1.00. The van der Waals surface area contributed by atoms with Crippen molar-refractivity contribution >= 4 is 0 Å². The fourth-order valence-electron chi connectivity index (χ4n) is 3.56. The molecule has 1 N–H and O–H groups in total. The van der Waals surface area contributed by atoms with Crippen molar-refractivity contribution in [2.75, 3.05) is 27.2 Å². The third kappa shape index (κ3) is 3.23. The molecule has 0 amide bonds. The molecule has 2 heteroatoms. The molecule has 0 spiro atoms. The average Bonchev–Trinajstić information content (AvgIpc) is 2.21. The Bertz CT molecular complexity index is 235. The highest BCUT2D eigenvalue weighted by Gasteiger charge is 2.36. The second-order valence-corrected chi connectivity index (χ2v) is 6.75. The van der Waals surface area contributed by atoms with Crippen LogP contribution in [0.3, 0.4) is 0 Å². The van der Waals surface area contributed by atoms with Crippen molar-refractivity contribution < 1.29 is 0 Å². The molecule has 2 unspecified atom stereocenters. The number of likely N-dealkylation sites (N-methyl/N-ethyl adjacent to an activating group) is 1. The summed E-state index contributed by atoms with van der Waals surface area (Å²) in [5.74, 6) is 1.88. The van der Waals surface area contributed by atoms with Crippen molar-refractivity contribution in [2.45, 2.75) is 57.4 Å². The van der Waals surface area contributed by atoms with Crippen LogP contribution in [0, 0.1) is 11.8 Å². The summed E-state index contributed by atoms with van der Waals surface area (Å²) in [4.78, 5) is 2.48. The predicted octanol–water partition coefficient (Wildman–Crippen LogP) is 2.89. The zero-order valence-electron chi connectivity index (χ0n) is 12.0. The van der Waals surface area contributed by atoms with Gasteiger partial charge >= 0.3 is 0 Å². The van der Waals surface area contributed by atoms with E-state index in [4.69, 9.17) is 0 Å². The van der Waals surface area contributed by atoms with Crippen LogP contribution in [-0.2, 0) is 0 Å². The molecule has 0 bridgehead atoms. The molecule has 0 radical (unpaired) electrons. The lowest BCUT2D eigenvalue weighted by Crippen LogP contribution is -2.54. The van der Waals surface area contributed by atoms with E-state index < -0.39 is 0 Å². The number of nitrogens with zero attached hydrogens (tertiary/aromatic N) is 1. The van der Waals surface area contributed by atoms with Gasteiger partial charge in [-0.1, -0.05) is 26.2 Å². The van der Waals surface area contributed by atoms with Gasteiger partial charge in [-0.25, -0.2) is 0 Å². The molecule has 2 fully saturated rings. The van der Waals surface area contributed by atoms with Crippen molar-refractivity contribution in [1.82, 2.24) is 10.2 Å². The highest BCUT2D eigenvalue weighted by atomic mass is 15.2. The summed E-state index contributed by atoms with van der Waals surface area (Å²) in [5, 5.41) is 3.76. The predicted molar refractivity (Wildman–Crippen MR) is 74.3 cm³/mol. The second kappa shape index (κ2) is 5.71. The van der Waals surface area contributed by atoms with Crippen LogP contribution in [0.15, 0.2) is 0 Å². The fourth-order valence-corrected chi connectivity index (χ4v) is 3.56. The van der Waals surface area contributed by atoms with Crippen LogP contribution in [-0.4, -0.2) is 37.6 Å². The first-order chi connectivity index (χ1) is 8.12. The zero-order valence-corrected chi connectivity index (χ0v) is 12.0. The highest BCUT2D eigenvalue weighted by Crippen LogP contribution is 2.35. The van der Waals surface area contributed by atoms with E-state index >= 15 is 0 Å². The molecule has 2 atom stereocenters. The maximum Gasteiger partial charge on any atom is 0.0330 e. The van der Waals surface area contributed by atoms with Crippen molar-refractivity contribution in [3.05, 3.63) is 0 Å². The zero-order chi connectivity index (χ0) is 12.3. The Kier molecular flexibility index (Phi) is 4.48. The number of rotatable bonds is 5. The Morgan fingerprint density at radius 1 is 1.18 bits per heavy atom. The highest BCUT2D eigenvalue weighted by molar-refractivity contribution is 4.94. The monoisotopic (exact) mass is 238 g/mol. The van der Waals surface area contributed by atoms with Gasteiger partial charge in [-0.3, -0.25) is 0 Å². The van der Waals surface area contributed by atoms with E-state index in [-0.39, 0.29) is 0 Å². The van der Waals surface area contributed by atoms with Gasteiger partial charge in [0.15, 0.2) is 0 Å². The summed E-state index contributed by atoms with van der Waals surface area (Å²) < 4.78 is 0. The topological polar surface area (TPSA) is 15.3 Å². The largest absolute Gasteiger partial charge is 0.315 e. The first kappa shape index (κ1) is 13.4. The van der Waals surface area contributed by atoms with Gasteiger partial charge < -0.3 is 10.2 Å². The van der Waals surface area contributed by atoms with Crippen molar-refractivity contribution in [3.63, 3.8) is 0 Å². The molecule has 2 aliphatic carbocycles. The lowest BCUT2D eigenvalue weighted by atomic mass is 9.75. The average molecular weight is 238 g/mol. The lowest BCUT2D eigenvalue weighted by Gasteiger charge is -2.46. The molecule has 0 aromatic rings. The van der Waals surface area contributed by atoms with Gasteiger partial charge in [0.2, 0.25) is 0 Å². The van der Waals surface area contributed by atoms with Gasteiger partial charge in [0.05, 0.1) is 0 Å². The Labute approximate surface area is 107 Å². The van der Waals surface area contributed by atoms with Crippen LogP contribution in [0.25, 0.3) is 0 Å². The molecule has 0 saturated heterocycles. The van der Waals surface area contributed by atoms with Gasteiger partial charge in [0.25, 0.3) is 0 Å². The summed E-state index contributed by atoms with van der Waals surface area (Å²) in [5.41, 5.74) is 0.432. The van der Waals surface area contributed by atoms with Gasteiger partial charge in [-0.05, 0) is 58.2 Å². The summed E-state index contributed by atoms with van der Waals surface area (Å²) >= 11 is 0. The van der Waals surface area contributed by atoms with Crippen LogP contribution < -0.4 is 5.32 Å². The minimum Gasteiger partial charge on any atom is -0.315 e. The van der Waals surface area contributed by atoms with Crippen LogP contribution in [0.5, 0.6) is 0 Å². The van der Waals surface area contributed by atoms with Crippen molar-refractivity contribution in [1.29, 1.82) is 0 Å². The third-order valence-corrected chi connectivity index (χ3v) is 5.13. The normalized spacial score (nSPS) is 34.9. The second-order valence-electron chi connectivity index (χ2n) is 6.75. The SMILES string of the molecule is CC1CCCC(CNCC2CCC2)(N(C)C)C1. The molecular weight excluding hydrogens is 208 g/mol. The van der Waals surface area contributed by atoms with Gasteiger partial charge in [0.1, 0.15) is 0 Å². The van der Waals surface area contributed by atoms with Crippen molar-refractivity contribution in [2.24, 2.45) is 11.8 Å². The summed E-state index contributed by atoms with van der Waals surface area (Å²) in [6.07, 6.45) is 9.96. The molecular formula is C15H30N2. The molecule has 2 nitrogen and oxygen atoms in total. The Morgan fingerprint density at radius 2 is 1.94 bits per heavy atom. The Hall–Kier alpha value is -0.0800. The number of nitrogens with one attached hydrogen (secondary N) is 1. The lowest BCUT2D eigenvalue weighted by molar-refractivity contribution is 0.0730. The number of hydrogen-bond acceptors (Lipinski definition) is 2. The summed E-state index contributed by atoms with van der Waals surface area (Å²) in [6, 6.07) is 0. The van der Waals surface area contributed by atoms with E-state index in [1.807, 2.05) is 0 Å². The molecule has 0 aromatic heterocycles. The minimum atomic E-state index is 0.432. The molecule has 2 saturated carbocycles.